The molecule has 0 aliphatic carbocycles. The number of halogens is 3. The third-order valence-corrected chi connectivity index (χ3v) is 8.84. The Hall–Kier alpha value is -2.78. The zero-order chi connectivity index (χ0) is 28.7. The van der Waals surface area contributed by atoms with Gasteiger partial charge in [-0.15, -0.1) is 0 Å². The molecule has 0 bridgehead atoms. The average molecular weight is 611 g/mol. The summed E-state index contributed by atoms with van der Waals surface area (Å²) < 4.78 is 28.7. The summed E-state index contributed by atoms with van der Waals surface area (Å²) in [4.78, 5) is 28.3. The highest BCUT2D eigenvalue weighted by Crippen LogP contribution is 2.29. The predicted octanol–water partition coefficient (Wildman–Crippen LogP) is 6.09. The van der Waals surface area contributed by atoms with E-state index >= 15 is 0 Å². The smallest absolute Gasteiger partial charge is 0.264 e. The van der Waals surface area contributed by atoms with Gasteiger partial charge in [0.1, 0.15) is 12.6 Å². The van der Waals surface area contributed by atoms with E-state index in [4.69, 9.17) is 34.8 Å². The number of nitrogens with zero attached hydrogens (tertiary/aromatic N) is 2. The van der Waals surface area contributed by atoms with Crippen LogP contribution >= 0.6 is 34.8 Å². The van der Waals surface area contributed by atoms with Crippen LogP contribution in [0.3, 0.4) is 0 Å². The number of hydrogen-bond donors (Lipinski definition) is 1. The molecule has 0 heterocycles. The molecule has 1 N–H and O–H groups in total. The Morgan fingerprint density at radius 3 is 2.10 bits per heavy atom. The van der Waals surface area contributed by atoms with E-state index in [0.29, 0.717) is 27.2 Å². The molecule has 1 atom stereocenters. The van der Waals surface area contributed by atoms with Crippen LogP contribution in [0.1, 0.15) is 31.4 Å². The van der Waals surface area contributed by atoms with Crippen molar-refractivity contribution >= 4 is 62.3 Å². The molecule has 208 valence electrons. The molecular weight excluding hydrogens is 581 g/mol. The minimum atomic E-state index is -4.19. The Morgan fingerprint density at radius 1 is 0.923 bits per heavy atom. The topological polar surface area (TPSA) is 86.8 Å². The Labute approximate surface area is 244 Å². The van der Waals surface area contributed by atoms with Gasteiger partial charge >= 0.3 is 0 Å². The fourth-order valence-electron chi connectivity index (χ4n) is 4.06. The molecule has 0 aromatic heterocycles. The maximum Gasteiger partial charge on any atom is 0.264 e. The highest BCUT2D eigenvalue weighted by atomic mass is 35.5. The number of carbonyl (C=O) groups excluding carboxylic acids is 2. The Kier molecular flexibility index (Phi) is 10.7. The quantitative estimate of drug-likeness (QED) is 0.285. The lowest BCUT2D eigenvalue weighted by atomic mass is 10.1. The van der Waals surface area contributed by atoms with Crippen LogP contribution in [0.4, 0.5) is 5.69 Å². The number of amides is 2. The van der Waals surface area contributed by atoms with Gasteiger partial charge in [-0.1, -0.05) is 71.6 Å². The number of nitrogens with one attached hydrogen (secondary N) is 1. The maximum absolute atomic E-state index is 14.0. The lowest BCUT2D eigenvalue weighted by Gasteiger charge is -2.33. The number of anilines is 1. The molecule has 0 saturated carbocycles. The summed E-state index contributed by atoms with van der Waals surface area (Å²) in [6.45, 7) is 5.07. The Morgan fingerprint density at radius 2 is 1.54 bits per heavy atom. The van der Waals surface area contributed by atoms with Gasteiger partial charge in [0.05, 0.1) is 10.6 Å². The number of likely N-dealkylation sites (N-methyl/N-ethyl adjacent to an activating group) is 1. The van der Waals surface area contributed by atoms with E-state index in [9.17, 15) is 18.0 Å². The molecule has 39 heavy (non-hydrogen) atoms. The number of sulfonamides is 1. The van der Waals surface area contributed by atoms with E-state index in [2.05, 4.69) is 5.32 Å². The molecule has 0 unspecified atom stereocenters. The average Bonchev–Trinajstić information content (AvgIpc) is 2.89. The van der Waals surface area contributed by atoms with Gasteiger partial charge in [-0.3, -0.25) is 13.9 Å². The molecule has 3 aromatic rings. The number of rotatable bonds is 11. The zero-order valence-electron chi connectivity index (χ0n) is 21.8. The van der Waals surface area contributed by atoms with E-state index in [0.717, 1.165) is 9.87 Å². The third kappa shape index (κ3) is 7.45. The van der Waals surface area contributed by atoms with Crippen LogP contribution in [0.2, 0.25) is 15.1 Å². The van der Waals surface area contributed by atoms with Gasteiger partial charge < -0.3 is 10.2 Å². The number of carbonyl (C=O) groups is 2. The highest BCUT2D eigenvalue weighted by Gasteiger charge is 2.34. The van der Waals surface area contributed by atoms with Gasteiger partial charge in [0, 0.05) is 33.7 Å². The monoisotopic (exact) mass is 609 g/mol. The fraction of sp³-hybridized carbons (Fsp3) is 0.286. The van der Waals surface area contributed by atoms with Crippen molar-refractivity contribution in [3.63, 3.8) is 0 Å². The molecular formula is C28H30Cl3N3O4S. The van der Waals surface area contributed by atoms with E-state index < -0.39 is 28.5 Å². The minimum absolute atomic E-state index is 0.0114. The SMILES string of the molecule is CCNC(=O)[C@@H](CC)N(Cc1c(Cl)cccc1Cl)C(=O)CN(c1cccc(Cl)c1)S(=O)(=O)c1ccc(C)cc1. The van der Waals surface area contributed by atoms with Crippen LogP contribution in [-0.4, -0.2) is 44.3 Å². The molecule has 0 aliphatic heterocycles. The number of benzene rings is 3. The van der Waals surface area contributed by atoms with E-state index in [1.165, 1.54) is 23.1 Å². The van der Waals surface area contributed by atoms with Crippen LogP contribution in [0.15, 0.2) is 71.6 Å². The molecule has 3 aromatic carbocycles. The van der Waals surface area contributed by atoms with Crippen molar-refractivity contribution in [2.45, 2.75) is 44.7 Å². The van der Waals surface area contributed by atoms with Gasteiger partial charge in [-0.25, -0.2) is 8.42 Å². The van der Waals surface area contributed by atoms with Gasteiger partial charge in [-0.05, 0) is 62.7 Å². The second-order valence-corrected chi connectivity index (χ2v) is 12.0. The van der Waals surface area contributed by atoms with Gasteiger partial charge in [-0.2, -0.15) is 0 Å². The van der Waals surface area contributed by atoms with Crippen molar-refractivity contribution in [3.05, 3.63) is 92.9 Å². The van der Waals surface area contributed by atoms with Crippen molar-refractivity contribution in [2.24, 2.45) is 0 Å². The third-order valence-electron chi connectivity index (χ3n) is 6.11. The lowest BCUT2D eigenvalue weighted by Crippen LogP contribution is -2.52. The molecule has 0 saturated heterocycles. The van der Waals surface area contributed by atoms with Crippen LogP contribution in [0, 0.1) is 6.92 Å². The number of aryl methyl sites for hydroxylation is 1. The first-order valence-electron chi connectivity index (χ1n) is 12.3. The van der Waals surface area contributed by atoms with Crippen molar-refractivity contribution in [1.82, 2.24) is 10.2 Å². The van der Waals surface area contributed by atoms with E-state index in [-0.39, 0.29) is 29.5 Å². The Bertz CT molecular complexity index is 1410. The first kappa shape index (κ1) is 30.8. The normalized spacial score (nSPS) is 12.1. The standard InChI is InChI=1S/C28H30Cl3N3O4S/c1-4-26(28(36)32-5-2)33(17-23-24(30)10-7-11-25(23)31)27(35)18-34(21-9-6-8-20(29)16-21)39(37,38)22-14-12-19(3)13-15-22/h6-16,26H,4-5,17-18H2,1-3H3,(H,32,36)/t26-/m1/s1. The number of hydrogen-bond acceptors (Lipinski definition) is 4. The van der Waals surface area contributed by atoms with E-state index in [1.807, 2.05) is 6.92 Å². The second kappa shape index (κ2) is 13.5. The summed E-state index contributed by atoms with van der Waals surface area (Å²) in [7, 11) is -4.19. The molecule has 11 heteroatoms. The van der Waals surface area contributed by atoms with Gasteiger partial charge in [0.15, 0.2) is 0 Å². The molecule has 2 amide bonds. The summed E-state index contributed by atoms with van der Waals surface area (Å²) >= 11 is 19.0. The van der Waals surface area contributed by atoms with Crippen molar-refractivity contribution in [3.8, 4) is 0 Å². The molecule has 3 rings (SSSR count). The summed E-state index contributed by atoms with van der Waals surface area (Å²) in [5, 5.41) is 3.70. The summed E-state index contributed by atoms with van der Waals surface area (Å²) in [6.07, 6.45) is 0.279. The van der Waals surface area contributed by atoms with Gasteiger partial charge in [0.2, 0.25) is 11.8 Å². The first-order valence-corrected chi connectivity index (χ1v) is 14.9. The molecule has 0 aliphatic rings. The van der Waals surface area contributed by atoms with Crippen LogP contribution in [0.5, 0.6) is 0 Å². The maximum atomic E-state index is 14.0. The summed E-state index contributed by atoms with van der Waals surface area (Å²) in [5.41, 5.74) is 1.54. The fourth-order valence-corrected chi connectivity index (χ4v) is 6.17. The summed E-state index contributed by atoms with van der Waals surface area (Å²) in [6, 6.07) is 16.6. The molecule has 0 spiro atoms. The highest BCUT2D eigenvalue weighted by molar-refractivity contribution is 7.92. The lowest BCUT2D eigenvalue weighted by molar-refractivity contribution is -0.140. The second-order valence-electron chi connectivity index (χ2n) is 8.85. The molecule has 0 fully saturated rings. The van der Waals surface area contributed by atoms with Crippen LogP contribution in [-0.2, 0) is 26.2 Å². The zero-order valence-corrected chi connectivity index (χ0v) is 24.9. The molecule has 0 radical (unpaired) electrons. The molecule has 7 nitrogen and oxygen atoms in total. The van der Waals surface area contributed by atoms with Crippen molar-refractivity contribution in [1.29, 1.82) is 0 Å². The van der Waals surface area contributed by atoms with E-state index in [1.54, 1.807) is 62.4 Å². The van der Waals surface area contributed by atoms with Crippen molar-refractivity contribution < 1.29 is 18.0 Å². The Balaban J connectivity index is 2.10. The first-order chi connectivity index (χ1) is 18.5. The largest absolute Gasteiger partial charge is 0.355 e. The van der Waals surface area contributed by atoms with Crippen LogP contribution < -0.4 is 9.62 Å². The predicted molar refractivity (Wildman–Crippen MR) is 157 cm³/mol. The van der Waals surface area contributed by atoms with Crippen molar-refractivity contribution in [2.75, 3.05) is 17.4 Å². The minimum Gasteiger partial charge on any atom is -0.355 e. The van der Waals surface area contributed by atoms with Crippen LogP contribution in [0.25, 0.3) is 0 Å². The van der Waals surface area contributed by atoms with Gasteiger partial charge in [0.25, 0.3) is 10.0 Å². The summed E-state index contributed by atoms with van der Waals surface area (Å²) in [5.74, 6) is -0.980.